The van der Waals surface area contributed by atoms with Gasteiger partial charge in [0.1, 0.15) is 0 Å². The summed E-state index contributed by atoms with van der Waals surface area (Å²) in [6.45, 7) is 3.30. The van der Waals surface area contributed by atoms with Gasteiger partial charge in [0.15, 0.2) is 0 Å². The molecule has 0 aliphatic heterocycles. The van der Waals surface area contributed by atoms with Crippen molar-refractivity contribution in [2.45, 2.75) is 38.3 Å². The minimum Gasteiger partial charge on any atom is -0.480 e. The number of fused-ring (bicyclic) bond motifs is 1. The number of hydrogen-bond acceptors (Lipinski definition) is 3. The SMILES string of the molecule is CCN(CC(=O)O)C1CC(NC(=O)NCCc2cccc3[nH]ccc23)C1. The third-order valence-corrected chi connectivity index (χ3v) is 5.07. The van der Waals surface area contributed by atoms with Crippen LogP contribution in [0.2, 0.25) is 0 Å². The van der Waals surface area contributed by atoms with E-state index in [1.807, 2.05) is 30.2 Å². The number of amides is 2. The summed E-state index contributed by atoms with van der Waals surface area (Å²) in [7, 11) is 0. The summed E-state index contributed by atoms with van der Waals surface area (Å²) in [6, 6.07) is 8.39. The van der Waals surface area contributed by atoms with Gasteiger partial charge in [-0.25, -0.2) is 4.79 Å². The van der Waals surface area contributed by atoms with Crippen LogP contribution in [0.25, 0.3) is 10.9 Å². The molecule has 140 valence electrons. The van der Waals surface area contributed by atoms with Crippen LogP contribution in [0.15, 0.2) is 30.5 Å². The molecule has 1 saturated carbocycles. The van der Waals surface area contributed by atoms with Crippen LogP contribution in [0, 0.1) is 0 Å². The van der Waals surface area contributed by atoms with Crippen LogP contribution in [-0.2, 0) is 11.2 Å². The van der Waals surface area contributed by atoms with Crippen molar-refractivity contribution in [1.82, 2.24) is 20.5 Å². The number of likely N-dealkylation sites (N-methyl/N-ethyl adjacent to an activating group) is 1. The van der Waals surface area contributed by atoms with Crippen molar-refractivity contribution in [2.24, 2.45) is 0 Å². The molecule has 1 aliphatic carbocycles. The van der Waals surface area contributed by atoms with Gasteiger partial charge in [-0.2, -0.15) is 0 Å². The monoisotopic (exact) mass is 358 g/mol. The lowest BCUT2D eigenvalue weighted by Gasteiger charge is -2.42. The average molecular weight is 358 g/mol. The number of carboxylic acids is 1. The molecule has 2 aromatic rings. The van der Waals surface area contributed by atoms with Crippen molar-refractivity contribution in [3.05, 3.63) is 36.0 Å². The van der Waals surface area contributed by atoms with Crippen molar-refractivity contribution >= 4 is 22.9 Å². The van der Waals surface area contributed by atoms with Crippen molar-refractivity contribution < 1.29 is 14.7 Å². The summed E-state index contributed by atoms with van der Waals surface area (Å²) in [5.74, 6) is -0.807. The van der Waals surface area contributed by atoms with Gasteiger partial charge in [-0.05, 0) is 43.5 Å². The average Bonchev–Trinajstić information content (AvgIpc) is 3.05. The van der Waals surface area contributed by atoms with E-state index in [9.17, 15) is 9.59 Å². The highest BCUT2D eigenvalue weighted by molar-refractivity contribution is 5.83. The summed E-state index contributed by atoms with van der Waals surface area (Å²) in [5.41, 5.74) is 2.31. The fourth-order valence-corrected chi connectivity index (χ4v) is 3.59. The van der Waals surface area contributed by atoms with Crippen molar-refractivity contribution in [3.8, 4) is 0 Å². The largest absolute Gasteiger partial charge is 0.480 e. The van der Waals surface area contributed by atoms with Crippen LogP contribution in [0.3, 0.4) is 0 Å². The fourth-order valence-electron chi connectivity index (χ4n) is 3.59. The lowest BCUT2D eigenvalue weighted by molar-refractivity contribution is -0.139. The van der Waals surface area contributed by atoms with E-state index in [1.165, 1.54) is 10.9 Å². The van der Waals surface area contributed by atoms with E-state index in [2.05, 4.69) is 27.8 Å². The zero-order valence-corrected chi connectivity index (χ0v) is 15.0. The number of hydrogen-bond donors (Lipinski definition) is 4. The van der Waals surface area contributed by atoms with Crippen LogP contribution in [0.4, 0.5) is 4.79 Å². The topological polar surface area (TPSA) is 97.5 Å². The Hall–Kier alpha value is -2.54. The van der Waals surface area contributed by atoms with E-state index in [1.54, 1.807) is 0 Å². The highest BCUT2D eigenvalue weighted by atomic mass is 16.4. The van der Waals surface area contributed by atoms with Crippen LogP contribution in [-0.4, -0.2) is 58.7 Å². The Kier molecular flexibility index (Phi) is 5.78. The van der Waals surface area contributed by atoms with Crippen LogP contribution < -0.4 is 10.6 Å². The predicted molar refractivity (Wildman–Crippen MR) is 100 cm³/mol. The lowest BCUT2D eigenvalue weighted by Crippen LogP contribution is -2.56. The molecule has 2 amide bonds. The van der Waals surface area contributed by atoms with Crippen LogP contribution >= 0.6 is 0 Å². The lowest BCUT2D eigenvalue weighted by atomic mass is 9.85. The number of benzene rings is 1. The number of carbonyl (C=O) groups excluding carboxylic acids is 1. The third-order valence-electron chi connectivity index (χ3n) is 5.07. The first-order chi connectivity index (χ1) is 12.6. The summed E-state index contributed by atoms with van der Waals surface area (Å²) in [6.07, 6.45) is 4.30. The molecule has 0 atom stereocenters. The molecule has 0 saturated heterocycles. The quantitative estimate of drug-likeness (QED) is 0.580. The van der Waals surface area contributed by atoms with Gasteiger partial charge in [0.25, 0.3) is 0 Å². The van der Waals surface area contributed by atoms with Crippen LogP contribution in [0.5, 0.6) is 0 Å². The van der Waals surface area contributed by atoms with Gasteiger partial charge in [0, 0.05) is 35.7 Å². The number of aromatic nitrogens is 1. The number of rotatable bonds is 8. The molecule has 0 unspecified atom stereocenters. The third kappa shape index (κ3) is 4.35. The van der Waals surface area contributed by atoms with E-state index >= 15 is 0 Å². The first kappa shape index (κ1) is 18.3. The van der Waals surface area contributed by atoms with E-state index in [4.69, 9.17) is 5.11 Å². The first-order valence-electron chi connectivity index (χ1n) is 9.12. The molecule has 1 fully saturated rings. The smallest absolute Gasteiger partial charge is 0.317 e. The van der Waals surface area contributed by atoms with Gasteiger partial charge in [-0.15, -0.1) is 0 Å². The van der Waals surface area contributed by atoms with E-state index in [0.29, 0.717) is 13.1 Å². The second-order valence-corrected chi connectivity index (χ2v) is 6.79. The second kappa shape index (κ2) is 8.23. The normalized spacial score (nSPS) is 19.3. The standard InChI is InChI=1S/C19H26N4O3/c1-2-23(12-18(24)25)15-10-14(11-15)22-19(26)21-8-6-13-4-3-5-17-16(13)7-9-20-17/h3-5,7,9,14-15,20H,2,6,8,10-12H2,1H3,(H,24,25)(H2,21,22,26). The van der Waals surface area contributed by atoms with E-state index < -0.39 is 5.97 Å². The number of nitrogens with zero attached hydrogens (tertiary/aromatic N) is 1. The van der Waals surface area contributed by atoms with E-state index in [0.717, 1.165) is 24.8 Å². The Morgan fingerprint density at radius 3 is 2.85 bits per heavy atom. The number of urea groups is 1. The minimum absolute atomic E-state index is 0.0603. The molecule has 7 nitrogen and oxygen atoms in total. The molecule has 3 rings (SSSR count). The van der Waals surface area contributed by atoms with Crippen molar-refractivity contribution in [3.63, 3.8) is 0 Å². The number of H-pyrrole nitrogens is 1. The molecule has 0 bridgehead atoms. The maximum Gasteiger partial charge on any atom is 0.317 e. The highest BCUT2D eigenvalue weighted by Gasteiger charge is 2.34. The van der Waals surface area contributed by atoms with Gasteiger partial charge >= 0.3 is 12.0 Å². The molecule has 1 aliphatic rings. The molecule has 1 heterocycles. The van der Waals surface area contributed by atoms with Gasteiger partial charge < -0.3 is 20.7 Å². The molecule has 4 N–H and O–H groups in total. The number of carboxylic acid groups (broad SMARTS) is 1. The summed E-state index contributed by atoms with van der Waals surface area (Å²) in [5, 5.41) is 16.0. The second-order valence-electron chi connectivity index (χ2n) is 6.79. The molecule has 0 radical (unpaired) electrons. The maximum absolute atomic E-state index is 12.0. The van der Waals surface area contributed by atoms with E-state index in [-0.39, 0.29) is 24.7 Å². The highest BCUT2D eigenvalue weighted by Crippen LogP contribution is 2.25. The number of nitrogens with one attached hydrogen (secondary N) is 3. The van der Waals surface area contributed by atoms with Crippen LogP contribution in [0.1, 0.15) is 25.3 Å². The zero-order chi connectivity index (χ0) is 18.5. The number of carbonyl (C=O) groups is 2. The molecular formula is C19H26N4O3. The predicted octanol–water partition coefficient (Wildman–Crippen LogP) is 1.95. The fraction of sp³-hybridized carbons (Fsp3) is 0.474. The van der Waals surface area contributed by atoms with Gasteiger partial charge in [0.2, 0.25) is 0 Å². The number of aliphatic carboxylic acids is 1. The summed E-state index contributed by atoms with van der Waals surface area (Å²) >= 11 is 0. The van der Waals surface area contributed by atoms with Crippen molar-refractivity contribution in [2.75, 3.05) is 19.6 Å². The number of aromatic amines is 1. The Labute approximate surface area is 152 Å². The maximum atomic E-state index is 12.0. The minimum atomic E-state index is -0.807. The zero-order valence-electron chi connectivity index (χ0n) is 15.0. The molecule has 1 aromatic heterocycles. The summed E-state index contributed by atoms with van der Waals surface area (Å²) < 4.78 is 0. The van der Waals surface area contributed by atoms with Gasteiger partial charge in [-0.3, -0.25) is 9.69 Å². The molecule has 0 spiro atoms. The Morgan fingerprint density at radius 2 is 2.12 bits per heavy atom. The molecular weight excluding hydrogens is 332 g/mol. The first-order valence-corrected chi connectivity index (χ1v) is 9.12. The Morgan fingerprint density at radius 1 is 1.31 bits per heavy atom. The molecule has 1 aromatic carbocycles. The Bertz CT molecular complexity index is 767. The molecule has 26 heavy (non-hydrogen) atoms. The molecule has 7 heteroatoms. The van der Waals surface area contributed by atoms with Gasteiger partial charge in [0.05, 0.1) is 6.54 Å². The van der Waals surface area contributed by atoms with Gasteiger partial charge in [-0.1, -0.05) is 19.1 Å². The van der Waals surface area contributed by atoms with Crippen molar-refractivity contribution in [1.29, 1.82) is 0 Å². The summed E-state index contributed by atoms with van der Waals surface area (Å²) in [4.78, 5) is 28.0. The Balaban J connectivity index is 1.38.